The van der Waals surface area contributed by atoms with Crippen molar-refractivity contribution in [1.82, 2.24) is 5.32 Å². The van der Waals surface area contributed by atoms with Crippen LogP contribution in [0, 0.1) is 5.41 Å². The van der Waals surface area contributed by atoms with Gasteiger partial charge in [-0.15, -0.1) is 0 Å². The van der Waals surface area contributed by atoms with Crippen molar-refractivity contribution in [2.45, 2.75) is 51.4 Å². The maximum Gasteiger partial charge on any atom is 0.303 e. The molecule has 4 nitrogen and oxygen atoms in total. The van der Waals surface area contributed by atoms with Crippen molar-refractivity contribution in [3.8, 4) is 0 Å². The fourth-order valence-corrected chi connectivity index (χ4v) is 3.93. The highest BCUT2D eigenvalue weighted by molar-refractivity contribution is 7.07. The van der Waals surface area contributed by atoms with Crippen LogP contribution in [-0.2, 0) is 16.0 Å². The highest BCUT2D eigenvalue weighted by Crippen LogP contribution is 2.42. The molecule has 1 aromatic rings. The molecule has 0 spiro atoms. The summed E-state index contributed by atoms with van der Waals surface area (Å²) in [7, 11) is 0. The lowest BCUT2D eigenvalue weighted by Crippen LogP contribution is -2.35. The molecular weight excluding hydrogens is 286 g/mol. The molecule has 1 aliphatic carbocycles. The molecule has 0 aliphatic heterocycles. The molecule has 2 rings (SSSR count). The number of carboxylic acid groups (broad SMARTS) is 1. The maximum absolute atomic E-state index is 12.1. The predicted molar refractivity (Wildman–Crippen MR) is 83.4 cm³/mol. The number of amides is 1. The maximum atomic E-state index is 12.1. The molecule has 1 heterocycles. The Kier molecular flexibility index (Phi) is 5.79. The SMILES string of the molecule is O=C(O)CC1(CC(=O)NCCc2ccsc2)CCCCC1. The Bertz CT molecular complexity index is 464. The van der Waals surface area contributed by atoms with E-state index in [0.717, 1.165) is 38.5 Å². The quantitative estimate of drug-likeness (QED) is 0.812. The number of rotatable bonds is 7. The van der Waals surface area contributed by atoms with E-state index < -0.39 is 5.97 Å². The molecular formula is C16H23NO3S. The lowest BCUT2D eigenvalue weighted by Gasteiger charge is -2.35. The van der Waals surface area contributed by atoms with Gasteiger partial charge in [0.25, 0.3) is 0 Å². The first-order chi connectivity index (χ1) is 10.1. The van der Waals surface area contributed by atoms with Gasteiger partial charge in [-0.2, -0.15) is 11.3 Å². The minimum absolute atomic E-state index is 0.00613. The van der Waals surface area contributed by atoms with Gasteiger partial charge in [0.1, 0.15) is 0 Å². The van der Waals surface area contributed by atoms with Gasteiger partial charge in [-0.3, -0.25) is 9.59 Å². The number of carboxylic acids is 1. The second-order valence-electron chi connectivity index (χ2n) is 6.04. The number of nitrogens with one attached hydrogen (secondary N) is 1. The van der Waals surface area contributed by atoms with Gasteiger partial charge in [-0.25, -0.2) is 0 Å². The van der Waals surface area contributed by atoms with E-state index in [4.69, 9.17) is 5.11 Å². The van der Waals surface area contributed by atoms with Crippen LogP contribution in [0.25, 0.3) is 0 Å². The summed E-state index contributed by atoms with van der Waals surface area (Å²) in [6, 6.07) is 2.06. The van der Waals surface area contributed by atoms with Crippen LogP contribution in [0.2, 0.25) is 0 Å². The second kappa shape index (κ2) is 7.59. The summed E-state index contributed by atoms with van der Waals surface area (Å²) in [5, 5.41) is 16.2. The molecule has 1 amide bonds. The molecule has 0 radical (unpaired) electrons. The van der Waals surface area contributed by atoms with E-state index in [0.29, 0.717) is 13.0 Å². The van der Waals surface area contributed by atoms with E-state index in [1.165, 1.54) is 5.56 Å². The van der Waals surface area contributed by atoms with Crippen molar-refractivity contribution in [2.24, 2.45) is 5.41 Å². The van der Waals surface area contributed by atoms with Crippen molar-refractivity contribution in [3.05, 3.63) is 22.4 Å². The zero-order valence-electron chi connectivity index (χ0n) is 12.3. The predicted octanol–water partition coefficient (Wildman–Crippen LogP) is 3.22. The van der Waals surface area contributed by atoms with E-state index in [1.807, 2.05) is 5.38 Å². The van der Waals surface area contributed by atoms with Crippen molar-refractivity contribution < 1.29 is 14.7 Å². The van der Waals surface area contributed by atoms with Gasteiger partial charge in [0.15, 0.2) is 0 Å². The molecule has 2 N–H and O–H groups in total. The summed E-state index contributed by atoms with van der Waals surface area (Å²) in [4.78, 5) is 23.2. The highest BCUT2D eigenvalue weighted by atomic mass is 32.1. The summed E-state index contributed by atoms with van der Waals surface area (Å²) in [5.41, 5.74) is 0.912. The van der Waals surface area contributed by atoms with Gasteiger partial charge >= 0.3 is 5.97 Å². The Morgan fingerprint density at radius 3 is 2.62 bits per heavy atom. The average molecular weight is 309 g/mol. The van der Waals surface area contributed by atoms with Gasteiger partial charge in [0.05, 0.1) is 6.42 Å². The van der Waals surface area contributed by atoms with Crippen LogP contribution in [0.1, 0.15) is 50.5 Å². The number of carbonyl (C=O) groups excluding carboxylic acids is 1. The minimum Gasteiger partial charge on any atom is -0.481 e. The van der Waals surface area contributed by atoms with Crippen LogP contribution in [0.3, 0.4) is 0 Å². The lowest BCUT2D eigenvalue weighted by atomic mass is 9.69. The van der Waals surface area contributed by atoms with Crippen LogP contribution in [-0.4, -0.2) is 23.5 Å². The Morgan fingerprint density at radius 1 is 1.24 bits per heavy atom. The van der Waals surface area contributed by atoms with Gasteiger partial charge in [0, 0.05) is 13.0 Å². The largest absolute Gasteiger partial charge is 0.481 e. The summed E-state index contributed by atoms with van der Waals surface area (Å²) in [6.45, 7) is 0.624. The molecule has 0 unspecified atom stereocenters. The number of carbonyl (C=O) groups is 2. The zero-order valence-corrected chi connectivity index (χ0v) is 13.1. The van der Waals surface area contributed by atoms with Gasteiger partial charge in [-0.05, 0) is 47.1 Å². The van der Waals surface area contributed by atoms with Crippen LogP contribution < -0.4 is 5.32 Å². The van der Waals surface area contributed by atoms with Gasteiger partial charge in [0.2, 0.25) is 5.91 Å². The Morgan fingerprint density at radius 2 is 2.00 bits per heavy atom. The summed E-state index contributed by atoms with van der Waals surface area (Å²) in [6.07, 6.45) is 6.25. The monoisotopic (exact) mass is 309 g/mol. The third-order valence-corrected chi connectivity index (χ3v) is 5.02. The zero-order chi connectivity index (χ0) is 15.1. The highest BCUT2D eigenvalue weighted by Gasteiger charge is 2.36. The fraction of sp³-hybridized carbons (Fsp3) is 0.625. The number of thiophene rings is 1. The van der Waals surface area contributed by atoms with Crippen molar-refractivity contribution in [2.75, 3.05) is 6.54 Å². The van der Waals surface area contributed by atoms with E-state index in [9.17, 15) is 9.59 Å². The van der Waals surface area contributed by atoms with E-state index in [2.05, 4.69) is 16.8 Å². The molecule has 1 aromatic heterocycles. The summed E-state index contributed by atoms with van der Waals surface area (Å²) >= 11 is 1.66. The van der Waals surface area contributed by atoms with Crippen LogP contribution in [0.4, 0.5) is 0 Å². The van der Waals surface area contributed by atoms with E-state index in [-0.39, 0.29) is 17.7 Å². The third-order valence-electron chi connectivity index (χ3n) is 4.29. The van der Waals surface area contributed by atoms with Crippen LogP contribution in [0.5, 0.6) is 0 Å². The molecule has 0 bridgehead atoms. The fourth-order valence-electron chi connectivity index (χ4n) is 3.22. The van der Waals surface area contributed by atoms with Crippen LogP contribution >= 0.6 is 11.3 Å². The third kappa shape index (κ3) is 5.16. The normalized spacial score (nSPS) is 17.3. The number of hydrogen-bond acceptors (Lipinski definition) is 3. The van der Waals surface area contributed by atoms with Crippen LogP contribution in [0.15, 0.2) is 16.8 Å². The van der Waals surface area contributed by atoms with Gasteiger partial charge in [-0.1, -0.05) is 19.3 Å². The van der Waals surface area contributed by atoms with Crippen molar-refractivity contribution in [3.63, 3.8) is 0 Å². The number of aliphatic carboxylic acids is 1. The lowest BCUT2D eigenvalue weighted by molar-refractivity contribution is -0.141. The molecule has 1 saturated carbocycles. The molecule has 5 heteroatoms. The first-order valence-corrected chi connectivity index (χ1v) is 8.54. The number of hydrogen-bond donors (Lipinski definition) is 2. The van der Waals surface area contributed by atoms with Gasteiger partial charge < -0.3 is 10.4 Å². The molecule has 1 fully saturated rings. The van der Waals surface area contributed by atoms with E-state index in [1.54, 1.807) is 11.3 Å². The Balaban J connectivity index is 1.81. The Labute approximate surface area is 129 Å². The molecule has 0 saturated heterocycles. The molecule has 0 atom stereocenters. The first-order valence-electron chi connectivity index (χ1n) is 7.59. The van der Waals surface area contributed by atoms with E-state index >= 15 is 0 Å². The minimum atomic E-state index is -0.789. The van der Waals surface area contributed by atoms with Crippen molar-refractivity contribution in [1.29, 1.82) is 0 Å². The molecule has 116 valence electrons. The average Bonchev–Trinajstić information content (AvgIpc) is 2.91. The summed E-state index contributed by atoms with van der Waals surface area (Å²) in [5.74, 6) is -0.795. The molecule has 0 aromatic carbocycles. The Hall–Kier alpha value is -1.36. The summed E-state index contributed by atoms with van der Waals surface area (Å²) < 4.78 is 0. The molecule has 21 heavy (non-hydrogen) atoms. The molecule has 1 aliphatic rings. The second-order valence-corrected chi connectivity index (χ2v) is 6.82. The standard InChI is InChI=1S/C16H23NO3S/c18-14(17-8-4-13-5-9-21-12-13)10-16(11-15(19)20)6-2-1-3-7-16/h5,9,12H,1-4,6-8,10-11H2,(H,17,18)(H,19,20). The van der Waals surface area contributed by atoms with Crippen molar-refractivity contribution >= 4 is 23.2 Å². The smallest absolute Gasteiger partial charge is 0.303 e. The first kappa shape index (κ1) is 16.0. The topological polar surface area (TPSA) is 66.4 Å².